The minimum atomic E-state index is 0.106. The summed E-state index contributed by atoms with van der Waals surface area (Å²) in [6.07, 6.45) is 11.8. The molecule has 36 heavy (non-hydrogen) atoms. The highest BCUT2D eigenvalue weighted by Gasteiger charge is 2.14. The van der Waals surface area contributed by atoms with Crippen LogP contribution in [0.2, 0.25) is 0 Å². The number of ketones is 4. The van der Waals surface area contributed by atoms with Crippen molar-refractivity contribution in [1.82, 2.24) is 4.90 Å². The first-order valence-electron chi connectivity index (χ1n) is 14.3. The van der Waals surface area contributed by atoms with Crippen molar-refractivity contribution in [2.75, 3.05) is 13.1 Å². The molecule has 0 saturated carbocycles. The molecule has 0 saturated heterocycles. The number of hydrogen-bond acceptors (Lipinski definition) is 5. The van der Waals surface area contributed by atoms with Crippen molar-refractivity contribution in [2.24, 2.45) is 0 Å². The quantitative estimate of drug-likeness (QED) is 0.143. The summed E-state index contributed by atoms with van der Waals surface area (Å²) in [6.45, 7) is 6.11. The summed E-state index contributed by atoms with van der Waals surface area (Å²) in [7, 11) is 0. The van der Waals surface area contributed by atoms with Gasteiger partial charge in [0.05, 0.1) is 0 Å². The topological polar surface area (TPSA) is 71.5 Å². The number of carbonyl (C=O) groups is 4. The van der Waals surface area contributed by atoms with E-state index in [9.17, 15) is 19.2 Å². The Hall–Kier alpha value is -2.14. The molecule has 5 heteroatoms. The Balaban J connectivity index is 2.41. The number of Topliss-reactive ketones (excluding diaryl/α,β-unsaturated/α-hetero) is 4. The molecule has 5 nitrogen and oxygen atoms in total. The van der Waals surface area contributed by atoms with E-state index in [0.717, 1.165) is 56.9 Å². The Bertz CT molecular complexity index is 715. The monoisotopic (exact) mass is 499 g/mol. The van der Waals surface area contributed by atoms with E-state index in [0.29, 0.717) is 71.0 Å². The number of carbonyl (C=O) groups excluding carboxylic acids is 4. The van der Waals surface area contributed by atoms with Crippen molar-refractivity contribution in [3.63, 3.8) is 0 Å². The van der Waals surface area contributed by atoms with Crippen LogP contribution in [0.25, 0.3) is 0 Å². The largest absolute Gasteiger partial charge is 0.300 e. The number of nitrogens with zero attached hydrogens (tertiary/aromatic N) is 1. The van der Waals surface area contributed by atoms with E-state index in [-0.39, 0.29) is 23.1 Å². The zero-order chi connectivity index (χ0) is 26.4. The van der Waals surface area contributed by atoms with E-state index in [4.69, 9.17) is 0 Å². The Kier molecular flexibility index (Phi) is 18.6. The molecule has 0 radical (unpaired) electrons. The van der Waals surface area contributed by atoms with Crippen LogP contribution in [-0.2, 0) is 25.7 Å². The molecule has 0 heterocycles. The van der Waals surface area contributed by atoms with E-state index < -0.39 is 0 Å². The summed E-state index contributed by atoms with van der Waals surface area (Å²) in [6, 6.07) is 10.0. The molecule has 0 fully saturated rings. The molecule has 202 valence electrons. The normalized spacial score (nSPS) is 11.1. The Morgan fingerprint density at radius 2 is 0.944 bits per heavy atom. The smallest absolute Gasteiger partial charge is 0.134 e. The van der Waals surface area contributed by atoms with E-state index in [1.54, 1.807) is 0 Å². The van der Waals surface area contributed by atoms with Crippen LogP contribution >= 0.6 is 0 Å². The molecule has 0 aliphatic carbocycles. The van der Waals surface area contributed by atoms with Gasteiger partial charge < -0.3 is 0 Å². The first kappa shape index (κ1) is 31.9. The maximum atomic E-state index is 12.4. The molecule has 0 unspecified atom stereocenters. The van der Waals surface area contributed by atoms with E-state index in [1.807, 2.05) is 30.3 Å². The Labute approximate surface area is 219 Å². The molecule has 1 rings (SSSR count). The van der Waals surface area contributed by atoms with Crippen molar-refractivity contribution in [1.29, 1.82) is 0 Å². The van der Waals surface area contributed by atoms with Gasteiger partial charge in [-0.3, -0.25) is 24.1 Å². The van der Waals surface area contributed by atoms with Crippen molar-refractivity contribution >= 4 is 23.1 Å². The summed E-state index contributed by atoms with van der Waals surface area (Å²) in [5.41, 5.74) is 1.14. The molecule has 0 N–H and O–H groups in total. The van der Waals surface area contributed by atoms with Crippen LogP contribution < -0.4 is 0 Å². The predicted octanol–water partition coefficient (Wildman–Crippen LogP) is 7.05. The van der Waals surface area contributed by atoms with Crippen LogP contribution in [-0.4, -0.2) is 41.1 Å². The summed E-state index contributed by atoms with van der Waals surface area (Å²) in [5, 5.41) is 0. The lowest BCUT2D eigenvalue weighted by Gasteiger charge is -2.22. The highest BCUT2D eigenvalue weighted by Crippen LogP contribution is 2.11. The summed E-state index contributed by atoms with van der Waals surface area (Å²) >= 11 is 0. The first-order chi connectivity index (χ1) is 17.4. The first-order valence-corrected chi connectivity index (χ1v) is 14.3. The Morgan fingerprint density at radius 1 is 0.528 bits per heavy atom. The Morgan fingerprint density at radius 3 is 1.36 bits per heavy atom. The fourth-order valence-electron chi connectivity index (χ4n) is 4.23. The van der Waals surface area contributed by atoms with Crippen molar-refractivity contribution in [3.05, 3.63) is 35.9 Å². The fraction of sp³-hybridized carbons (Fsp3) is 0.677. The van der Waals surface area contributed by atoms with Gasteiger partial charge >= 0.3 is 0 Å². The maximum Gasteiger partial charge on any atom is 0.134 e. The molecule has 1 aromatic rings. The molecule has 0 amide bonds. The number of benzene rings is 1. The van der Waals surface area contributed by atoms with Gasteiger partial charge in [-0.15, -0.1) is 0 Å². The second-order valence-corrected chi connectivity index (χ2v) is 10.0. The lowest BCUT2D eigenvalue weighted by atomic mass is 10.0. The van der Waals surface area contributed by atoms with Gasteiger partial charge in [-0.25, -0.2) is 0 Å². The average molecular weight is 500 g/mol. The van der Waals surface area contributed by atoms with Crippen LogP contribution in [0, 0.1) is 0 Å². The van der Waals surface area contributed by atoms with Gasteiger partial charge in [0, 0.05) is 71.0 Å². The lowest BCUT2D eigenvalue weighted by molar-refractivity contribution is -0.125. The fourth-order valence-corrected chi connectivity index (χ4v) is 4.23. The molecule has 0 spiro atoms. The van der Waals surface area contributed by atoms with E-state index >= 15 is 0 Å². The van der Waals surface area contributed by atoms with Crippen LogP contribution in [0.5, 0.6) is 0 Å². The van der Waals surface area contributed by atoms with Crippen molar-refractivity contribution < 1.29 is 19.2 Å². The lowest BCUT2D eigenvalue weighted by Crippen LogP contribution is -2.28. The third-order valence-corrected chi connectivity index (χ3v) is 6.65. The number of rotatable bonds is 24. The second-order valence-electron chi connectivity index (χ2n) is 10.0. The van der Waals surface area contributed by atoms with Gasteiger partial charge in [-0.1, -0.05) is 82.7 Å². The summed E-state index contributed by atoms with van der Waals surface area (Å²) in [4.78, 5) is 51.1. The summed E-state index contributed by atoms with van der Waals surface area (Å²) < 4.78 is 0. The SMILES string of the molecule is CCCCCCC(=O)CCC(=O)CCN(CCC(=O)CCC(=O)CCCCCC)Cc1ccccc1. The van der Waals surface area contributed by atoms with Gasteiger partial charge in [-0.2, -0.15) is 0 Å². The van der Waals surface area contributed by atoms with Crippen LogP contribution in [0.15, 0.2) is 30.3 Å². The van der Waals surface area contributed by atoms with Gasteiger partial charge in [0.15, 0.2) is 0 Å². The molecule has 0 aliphatic rings. The van der Waals surface area contributed by atoms with Crippen LogP contribution in [0.4, 0.5) is 0 Å². The van der Waals surface area contributed by atoms with Gasteiger partial charge in [0.25, 0.3) is 0 Å². The highest BCUT2D eigenvalue weighted by molar-refractivity contribution is 5.86. The standard InChI is InChI=1S/C31H49NO4/c1-3-5-7-12-16-28(33)18-20-30(35)22-24-32(26-27-14-10-9-11-15-27)25-23-31(36)21-19-29(34)17-13-8-6-4-2/h9-11,14-15H,3-8,12-13,16-26H2,1-2H3. The molecular weight excluding hydrogens is 450 g/mol. The predicted molar refractivity (Wildman–Crippen MR) is 147 cm³/mol. The number of hydrogen-bond donors (Lipinski definition) is 0. The second kappa shape index (κ2) is 21.0. The zero-order valence-electron chi connectivity index (χ0n) is 22.9. The van der Waals surface area contributed by atoms with Gasteiger partial charge in [0.2, 0.25) is 0 Å². The van der Waals surface area contributed by atoms with Gasteiger partial charge in [0.1, 0.15) is 23.1 Å². The van der Waals surface area contributed by atoms with Crippen LogP contribution in [0.1, 0.15) is 122 Å². The van der Waals surface area contributed by atoms with Crippen molar-refractivity contribution in [2.45, 2.75) is 123 Å². The average Bonchev–Trinajstić information content (AvgIpc) is 2.88. The minimum absolute atomic E-state index is 0.106. The highest BCUT2D eigenvalue weighted by atomic mass is 16.1. The third-order valence-electron chi connectivity index (χ3n) is 6.65. The third kappa shape index (κ3) is 17.3. The summed E-state index contributed by atoms with van der Waals surface area (Å²) in [5.74, 6) is 0.585. The molecule has 0 bridgehead atoms. The molecular formula is C31H49NO4. The zero-order valence-corrected chi connectivity index (χ0v) is 22.9. The van der Waals surface area contributed by atoms with E-state index in [1.165, 1.54) is 0 Å². The van der Waals surface area contributed by atoms with Gasteiger partial charge in [-0.05, 0) is 18.4 Å². The van der Waals surface area contributed by atoms with E-state index in [2.05, 4.69) is 18.7 Å². The minimum Gasteiger partial charge on any atom is -0.300 e. The van der Waals surface area contributed by atoms with Crippen molar-refractivity contribution in [3.8, 4) is 0 Å². The maximum absolute atomic E-state index is 12.4. The molecule has 1 aromatic carbocycles. The molecule has 0 aromatic heterocycles. The molecule has 0 aliphatic heterocycles. The van der Waals surface area contributed by atoms with Crippen LogP contribution in [0.3, 0.4) is 0 Å². The molecule has 0 atom stereocenters. The number of unbranched alkanes of at least 4 members (excludes halogenated alkanes) is 6.